The maximum Gasteiger partial charge on any atom is 0.128 e. The molecule has 2 unspecified atom stereocenters. The van der Waals surface area contributed by atoms with Gasteiger partial charge in [-0.15, -0.1) is 0 Å². The largest absolute Gasteiger partial charge is 0.326 e. The number of rotatable bonds is 4. The molecule has 1 aliphatic rings. The minimum absolute atomic E-state index is 0.0197. The van der Waals surface area contributed by atoms with Crippen molar-refractivity contribution < 1.29 is 4.39 Å². The van der Waals surface area contributed by atoms with Crippen molar-refractivity contribution in [2.24, 2.45) is 5.73 Å². The second-order valence-electron chi connectivity index (χ2n) is 4.72. The topological polar surface area (TPSA) is 29.3 Å². The molecular formula is C13H19FN2. The summed E-state index contributed by atoms with van der Waals surface area (Å²) in [6, 6.07) is 7.42. The monoisotopic (exact) mass is 222 g/mol. The normalized spacial score (nSPS) is 19.8. The zero-order valence-electron chi connectivity index (χ0n) is 9.86. The van der Waals surface area contributed by atoms with Crippen molar-refractivity contribution in [3.63, 3.8) is 0 Å². The van der Waals surface area contributed by atoms with Crippen LogP contribution >= 0.6 is 0 Å². The summed E-state index contributed by atoms with van der Waals surface area (Å²) in [5.74, 6) is -0.155. The van der Waals surface area contributed by atoms with Crippen LogP contribution in [0.3, 0.4) is 0 Å². The Morgan fingerprint density at radius 2 is 2.00 bits per heavy atom. The number of benzene rings is 1. The van der Waals surface area contributed by atoms with Crippen LogP contribution in [-0.2, 0) is 0 Å². The molecule has 2 atom stereocenters. The molecule has 2 rings (SSSR count). The van der Waals surface area contributed by atoms with E-state index in [0.29, 0.717) is 11.6 Å². The van der Waals surface area contributed by atoms with Gasteiger partial charge in [0.15, 0.2) is 0 Å². The first-order valence-electron chi connectivity index (χ1n) is 5.83. The molecule has 0 heterocycles. The molecule has 1 aromatic rings. The van der Waals surface area contributed by atoms with Crippen LogP contribution in [0.25, 0.3) is 0 Å². The second-order valence-corrected chi connectivity index (χ2v) is 4.72. The summed E-state index contributed by atoms with van der Waals surface area (Å²) in [5, 5.41) is 0. The highest BCUT2D eigenvalue weighted by Gasteiger charge is 2.34. The van der Waals surface area contributed by atoms with Gasteiger partial charge in [0.05, 0.1) is 6.04 Å². The van der Waals surface area contributed by atoms with E-state index in [2.05, 4.69) is 4.90 Å². The van der Waals surface area contributed by atoms with E-state index in [1.807, 2.05) is 26.1 Å². The first-order valence-corrected chi connectivity index (χ1v) is 5.83. The predicted molar refractivity (Wildman–Crippen MR) is 63.6 cm³/mol. The third-order valence-corrected chi connectivity index (χ3v) is 3.28. The summed E-state index contributed by atoms with van der Waals surface area (Å²) in [6.07, 6.45) is 2.41. The zero-order valence-corrected chi connectivity index (χ0v) is 9.86. The Kier molecular flexibility index (Phi) is 3.26. The molecule has 88 valence electrons. The molecule has 1 aromatic carbocycles. The highest BCUT2D eigenvalue weighted by atomic mass is 19.1. The molecule has 3 heteroatoms. The van der Waals surface area contributed by atoms with E-state index in [0.717, 1.165) is 0 Å². The first-order chi connectivity index (χ1) is 7.61. The fourth-order valence-electron chi connectivity index (χ4n) is 2.30. The lowest BCUT2D eigenvalue weighted by Crippen LogP contribution is -2.38. The van der Waals surface area contributed by atoms with Crippen LogP contribution in [-0.4, -0.2) is 24.0 Å². The van der Waals surface area contributed by atoms with Crippen molar-refractivity contribution in [3.8, 4) is 0 Å². The summed E-state index contributed by atoms with van der Waals surface area (Å²) in [6.45, 7) is 1.94. The van der Waals surface area contributed by atoms with Crippen LogP contribution in [0.5, 0.6) is 0 Å². The molecule has 0 aliphatic heterocycles. The van der Waals surface area contributed by atoms with Gasteiger partial charge in [0.1, 0.15) is 5.82 Å². The molecule has 0 amide bonds. The number of nitrogens with two attached hydrogens (primary N) is 1. The Balaban J connectivity index is 2.28. The summed E-state index contributed by atoms with van der Waals surface area (Å²) in [7, 11) is 2.04. The molecule has 1 fully saturated rings. The van der Waals surface area contributed by atoms with Gasteiger partial charge >= 0.3 is 0 Å². The Morgan fingerprint density at radius 1 is 1.38 bits per heavy atom. The fraction of sp³-hybridized carbons (Fsp3) is 0.538. The SMILES string of the molecule is CC(N)C(c1ccccc1F)N(C)C1CC1. The van der Waals surface area contributed by atoms with Gasteiger partial charge in [0.25, 0.3) is 0 Å². The van der Waals surface area contributed by atoms with E-state index in [-0.39, 0.29) is 17.9 Å². The quantitative estimate of drug-likeness (QED) is 0.847. The van der Waals surface area contributed by atoms with Crippen LogP contribution in [0.15, 0.2) is 24.3 Å². The number of likely N-dealkylation sites (N-methyl/N-ethyl adjacent to an activating group) is 1. The summed E-state index contributed by atoms with van der Waals surface area (Å²) < 4.78 is 13.8. The Labute approximate surface area is 96.2 Å². The minimum atomic E-state index is -0.155. The van der Waals surface area contributed by atoms with Crippen molar-refractivity contribution in [3.05, 3.63) is 35.6 Å². The van der Waals surface area contributed by atoms with Crippen molar-refractivity contribution in [1.82, 2.24) is 4.90 Å². The summed E-state index contributed by atoms with van der Waals surface area (Å²) >= 11 is 0. The fourth-order valence-corrected chi connectivity index (χ4v) is 2.30. The van der Waals surface area contributed by atoms with Crippen LogP contribution in [0, 0.1) is 5.82 Å². The highest BCUT2D eigenvalue weighted by molar-refractivity contribution is 5.23. The molecular weight excluding hydrogens is 203 g/mol. The van der Waals surface area contributed by atoms with Gasteiger partial charge < -0.3 is 5.73 Å². The van der Waals surface area contributed by atoms with Gasteiger partial charge in [-0.05, 0) is 32.9 Å². The van der Waals surface area contributed by atoms with Crippen LogP contribution in [0.1, 0.15) is 31.4 Å². The van der Waals surface area contributed by atoms with E-state index in [1.54, 1.807) is 6.07 Å². The molecule has 1 aliphatic carbocycles. The van der Waals surface area contributed by atoms with Crippen LogP contribution in [0.4, 0.5) is 4.39 Å². The average Bonchev–Trinajstić information content (AvgIpc) is 3.04. The van der Waals surface area contributed by atoms with Gasteiger partial charge in [-0.2, -0.15) is 0 Å². The Bertz CT molecular complexity index is 361. The smallest absolute Gasteiger partial charge is 0.128 e. The lowest BCUT2D eigenvalue weighted by Gasteiger charge is -2.31. The Hall–Kier alpha value is -0.930. The first kappa shape index (κ1) is 11.6. The molecule has 1 saturated carbocycles. The van der Waals surface area contributed by atoms with Crippen molar-refractivity contribution in [1.29, 1.82) is 0 Å². The number of hydrogen-bond donors (Lipinski definition) is 1. The highest BCUT2D eigenvalue weighted by Crippen LogP contribution is 2.34. The van der Waals surface area contributed by atoms with Gasteiger partial charge in [0.2, 0.25) is 0 Å². The van der Waals surface area contributed by atoms with E-state index in [9.17, 15) is 4.39 Å². The van der Waals surface area contributed by atoms with Gasteiger partial charge in [-0.3, -0.25) is 4.90 Å². The molecule has 2 N–H and O–H groups in total. The van der Waals surface area contributed by atoms with E-state index in [4.69, 9.17) is 5.73 Å². The number of halogens is 1. The molecule has 0 bridgehead atoms. The second kappa shape index (κ2) is 4.52. The van der Waals surface area contributed by atoms with Crippen molar-refractivity contribution in [2.45, 2.75) is 37.9 Å². The maximum atomic E-state index is 13.8. The van der Waals surface area contributed by atoms with Crippen LogP contribution < -0.4 is 5.73 Å². The Morgan fingerprint density at radius 3 is 2.50 bits per heavy atom. The van der Waals surface area contributed by atoms with Gasteiger partial charge in [0, 0.05) is 17.6 Å². The molecule has 0 spiro atoms. The van der Waals surface area contributed by atoms with Crippen molar-refractivity contribution in [2.75, 3.05) is 7.05 Å². The summed E-state index contributed by atoms with van der Waals surface area (Å²) in [5.41, 5.74) is 6.71. The summed E-state index contributed by atoms with van der Waals surface area (Å²) in [4.78, 5) is 2.21. The third kappa shape index (κ3) is 2.25. The maximum absolute atomic E-state index is 13.8. The zero-order chi connectivity index (χ0) is 11.7. The molecule has 0 saturated heterocycles. The molecule has 2 nitrogen and oxygen atoms in total. The number of nitrogens with zero attached hydrogens (tertiary/aromatic N) is 1. The molecule has 0 aromatic heterocycles. The predicted octanol–water partition coefficient (Wildman–Crippen LogP) is 2.31. The van der Waals surface area contributed by atoms with Crippen molar-refractivity contribution >= 4 is 0 Å². The van der Waals surface area contributed by atoms with Gasteiger partial charge in [-0.1, -0.05) is 18.2 Å². The van der Waals surface area contributed by atoms with E-state index < -0.39 is 0 Å². The molecule has 0 radical (unpaired) electrons. The van der Waals surface area contributed by atoms with Crippen LogP contribution in [0.2, 0.25) is 0 Å². The lowest BCUT2D eigenvalue weighted by molar-refractivity contribution is 0.205. The average molecular weight is 222 g/mol. The van der Waals surface area contributed by atoms with Gasteiger partial charge in [-0.25, -0.2) is 4.39 Å². The standard InChI is InChI=1S/C13H19FN2/c1-9(15)13(16(2)10-7-8-10)11-5-3-4-6-12(11)14/h3-6,9-10,13H,7-8,15H2,1-2H3. The molecule has 16 heavy (non-hydrogen) atoms. The lowest BCUT2D eigenvalue weighted by atomic mass is 9.99. The third-order valence-electron chi connectivity index (χ3n) is 3.28. The van der Waals surface area contributed by atoms with E-state index in [1.165, 1.54) is 18.9 Å². The minimum Gasteiger partial charge on any atom is -0.326 e. The van der Waals surface area contributed by atoms with E-state index >= 15 is 0 Å². The number of hydrogen-bond acceptors (Lipinski definition) is 2.